The van der Waals surface area contributed by atoms with Crippen LogP contribution < -0.4 is 0 Å². The molecule has 4 nitrogen and oxygen atoms in total. The first-order chi connectivity index (χ1) is 15.6. The molecule has 1 aromatic carbocycles. The summed E-state index contributed by atoms with van der Waals surface area (Å²) in [6.07, 6.45) is 24.0. The summed E-state index contributed by atoms with van der Waals surface area (Å²) >= 11 is 0. The van der Waals surface area contributed by atoms with E-state index in [-0.39, 0.29) is 52.1 Å². The molecule has 0 aliphatic rings. The van der Waals surface area contributed by atoms with Gasteiger partial charge in [0.1, 0.15) is 0 Å². The topological polar surface area (TPSA) is 63.6 Å². The molecular weight excluding hydrogens is 440 g/mol. The van der Waals surface area contributed by atoms with Gasteiger partial charge in [-0.3, -0.25) is 0 Å². The maximum Gasteiger partial charge on any atom is 2.00 e. The molecule has 0 aliphatic heterocycles. The number of carboxylic acid groups (broad SMARTS) is 1. The summed E-state index contributed by atoms with van der Waals surface area (Å²) in [4.78, 5) is 22.8. The Bertz CT molecular complexity index is 611. The number of esters is 1. The van der Waals surface area contributed by atoms with E-state index in [1.54, 1.807) is 0 Å². The van der Waals surface area contributed by atoms with E-state index in [0.717, 1.165) is 12.8 Å². The van der Waals surface area contributed by atoms with Crippen LogP contribution in [-0.4, -0.2) is 61.4 Å². The van der Waals surface area contributed by atoms with Gasteiger partial charge in [-0.25, -0.2) is 9.59 Å². The molecule has 5 heteroatoms. The summed E-state index contributed by atoms with van der Waals surface area (Å²) in [5.74, 6) is -1.38. The van der Waals surface area contributed by atoms with Gasteiger partial charge < -0.3 is 12.7 Å². The van der Waals surface area contributed by atoms with Gasteiger partial charge >= 0.3 is 49.7 Å². The summed E-state index contributed by atoms with van der Waals surface area (Å²) in [5.41, 5.74) is 0.572. The van der Waals surface area contributed by atoms with Crippen LogP contribution in [0.2, 0.25) is 0 Å². The Balaban J connectivity index is -0.00000341. The van der Waals surface area contributed by atoms with E-state index < -0.39 is 5.97 Å². The van der Waals surface area contributed by atoms with Crippen molar-refractivity contribution in [2.45, 2.75) is 122 Å². The third-order valence-corrected chi connectivity index (χ3v) is 6.10. The molecule has 1 rings (SSSR count). The van der Waals surface area contributed by atoms with Gasteiger partial charge in [-0.1, -0.05) is 116 Å². The number of unbranched alkanes of at least 4 members (excludes halogenated alkanes) is 17. The number of hydrogen-bond acceptors (Lipinski definition) is 3. The van der Waals surface area contributed by atoms with Crippen LogP contribution >= 0.6 is 0 Å². The minimum Gasteiger partial charge on any atom is -1.00 e. The van der Waals surface area contributed by atoms with E-state index in [1.165, 1.54) is 127 Å². The zero-order chi connectivity index (χ0) is 23.3. The van der Waals surface area contributed by atoms with Crippen molar-refractivity contribution in [2.24, 2.45) is 0 Å². The minimum absolute atomic E-state index is 0. The van der Waals surface area contributed by atoms with Crippen molar-refractivity contribution in [3.63, 3.8) is 0 Å². The maximum absolute atomic E-state index is 11.9. The predicted octanol–water partition coefficient (Wildman–Crippen LogP) is 8.43. The predicted molar refractivity (Wildman–Crippen MR) is 140 cm³/mol. The van der Waals surface area contributed by atoms with Crippen LogP contribution in [-0.2, 0) is 4.74 Å². The quantitative estimate of drug-likeness (QED) is 0.107. The van der Waals surface area contributed by atoms with Crippen molar-refractivity contribution in [2.75, 3.05) is 6.61 Å². The zero-order valence-electron chi connectivity index (χ0n) is 23.1. The van der Waals surface area contributed by atoms with E-state index >= 15 is 0 Å². The smallest absolute Gasteiger partial charge is 1.00 e. The molecule has 0 fully saturated rings. The number of carbonyl (C=O) groups excluding carboxylic acids is 1. The Morgan fingerprint density at radius 3 is 1.33 bits per heavy atom. The van der Waals surface area contributed by atoms with Crippen molar-refractivity contribution >= 4 is 49.7 Å². The van der Waals surface area contributed by atoms with Gasteiger partial charge in [0.05, 0.1) is 17.7 Å². The van der Waals surface area contributed by atoms with Gasteiger partial charge in [-0.2, -0.15) is 0 Å². The van der Waals surface area contributed by atoms with Crippen LogP contribution in [0.5, 0.6) is 0 Å². The van der Waals surface area contributed by atoms with Crippen molar-refractivity contribution < 1.29 is 22.3 Å². The standard InChI is InChI=1S/C28H46O4.Ca.2H/c1-2-3-4-5-6-7-8-9-10-11-12-13-14-15-16-17-18-19-24-32-28(31)26-22-20-25(21-23-26)27(29)30;;;/h20-23H,2-19,24H2,1H3,(H,29,30);;;/q;+2;2*-1. The van der Waals surface area contributed by atoms with Gasteiger partial charge in [0.15, 0.2) is 0 Å². The fourth-order valence-corrected chi connectivity index (χ4v) is 4.00. The van der Waals surface area contributed by atoms with Crippen LogP contribution in [0, 0.1) is 0 Å². The summed E-state index contributed by atoms with van der Waals surface area (Å²) in [7, 11) is 0. The van der Waals surface area contributed by atoms with Crippen molar-refractivity contribution in [3.8, 4) is 0 Å². The van der Waals surface area contributed by atoms with Gasteiger partial charge in [-0.05, 0) is 30.7 Å². The first-order valence-corrected chi connectivity index (χ1v) is 13.2. The van der Waals surface area contributed by atoms with Crippen molar-refractivity contribution in [1.82, 2.24) is 0 Å². The number of carbonyl (C=O) groups is 2. The molecule has 1 N–H and O–H groups in total. The number of hydrogen-bond donors (Lipinski definition) is 1. The third-order valence-electron chi connectivity index (χ3n) is 6.10. The molecule has 0 amide bonds. The Morgan fingerprint density at radius 2 is 0.970 bits per heavy atom. The van der Waals surface area contributed by atoms with Crippen LogP contribution in [0.4, 0.5) is 0 Å². The molecule has 0 saturated heterocycles. The largest absolute Gasteiger partial charge is 2.00 e. The molecule has 0 unspecified atom stereocenters. The average Bonchev–Trinajstić information content (AvgIpc) is 2.80. The second-order valence-electron chi connectivity index (χ2n) is 9.03. The Morgan fingerprint density at radius 1 is 0.636 bits per heavy atom. The van der Waals surface area contributed by atoms with Gasteiger partial charge in [0, 0.05) is 0 Å². The fraction of sp³-hybridized carbons (Fsp3) is 0.714. The van der Waals surface area contributed by atoms with E-state index in [4.69, 9.17) is 9.84 Å². The maximum atomic E-state index is 11.9. The number of benzene rings is 1. The van der Waals surface area contributed by atoms with E-state index in [0.29, 0.717) is 12.2 Å². The molecule has 0 heterocycles. The molecule has 0 saturated carbocycles. The molecule has 0 spiro atoms. The third kappa shape index (κ3) is 18.4. The van der Waals surface area contributed by atoms with Crippen LogP contribution in [0.25, 0.3) is 0 Å². The molecule has 0 aromatic heterocycles. The molecular formula is C28H48CaO4. The molecule has 0 aliphatic carbocycles. The minimum atomic E-state index is -0.997. The van der Waals surface area contributed by atoms with Crippen molar-refractivity contribution in [1.29, 1.82) is 0 Å². The summed E-state index contributed by atoms with van der Waals surface area (Å²) in [6.45, 7) is 2.70. The molecule has 1 aromatic rings. The van der Waals surface area contributed by atoms with E-state index in [2.05, 4.69) is 6.92 Å². The van der Waals surface area contributed by atoms with E-state index in [1.807, 2.05) is 0 Å². The SMILES string of the molecule is CCCCCCCCCCCCCCCCCCCCOC(=O)c1ccc(C(=O)O)cc1.[Ca+2].[H-].[H-]. The molecule has 186 valence electrons. The fourth-order valence-electron chi connectivity index (χ4n) is 4.00. The number of rotatable bonds is 21. The molecule has 0 atom stereocenters. The Labute approximate surface area is 235 Å². The van der Waals surface area contributed by atoms with Crippen LogP contribution in [0.1, 0.15) is 146 Å². The Hall–Kier alpha value is -0.580. The van der Waals surface area contributed by atoms with Gasteiger partial charge in [0.2, 0.25) is 0 Å². The molecule has 0 bridgehead atoms. The van der Waals surface area contributed by atoms with Crippen LogP contribution in [0.3, 0.4) is 0 Å². The number of carboxylic acids is 1. The summed E-state index contributed by atoms with van der Waals surface area (Å²) in [5, 5.41) is 8.88. The monoisotopic (exact) mass is 488 g/mol. The second kappa shape index (κ2) is 23.2. The van der Waals surface area contributed by atoms with Crippen molar-refractivity contribution in [3.05, 3.63) is 35.4 Å². The molecule has 0 radical (unpaired) electrons. The van der Waals surface area contributed by atoms with E-state index in [9.17, 15) is 9.59 Å². The van der Waals surface area contributed by atoms with Gasteiger partial charge in [0.25, 0.3) is 0 Å². The summed E-state index contributed by atoms with van der Waals surface area (Å²) in [6, 6.07) is 5.85. The van der Waals surface area contributed by atoms with Crippen LogP contribution in [0.15, 0.2) is 24.3 Å². The molecule has 33 heavy (non-hydrogen) atoms. The normalized spacial score (nSPS) is 10.6. The average molecular weight is 489 g/mol. The number of aromatic carboxylic acids is 1. The zero-order valence-corrected chi connectivity index (χ0v) is 23.3. The van der Waals surface area contributed by atoms with Gasteiger partial charge in [-0.15, -0.1) is 0 Å². The first kappa shape index (κ1) is 32.4. The summed E-state index contributed by atoms with van der Waals surface area (Å²) < 4.78 is 5.27. The number of ether oxygens (including phenoxy) is 1. The Kier molecular flexibility index (Phi) is 22.8. The first-order valence-electron chi connectivity index (χ1n) is 13.2. The second-order valence-corrected chi connectivity index (χ2v) is 9.03.